The van der Waals surface area contributed by atoms with Gasteiger partial charge in [0.05, 0.1) is 19.6 Å². The van der Waals surface area contributed by atoms with E-state index in [1.807, 2.05) is 6.07 Å². The highest BCUT2D eigenvalue weighted by atomic mass is 35.5. The number of rotatable bonds is 2. The second-order valence-corrected chi connectivity index (χ2v) is 3.27. The molecule has 0 radical (unpaired) electrons. The number of halogens is 1. The zero-order valence-corrected chi connectivity index (χ0v) is 8.72. The van der Waals surface area contributed by atoms with Gasteiger partial charge in [0, 0.05) is 16.1 Å². The van der Waals surface area contributed by atoms with Gasteiger partial charge in [-0.15, -0.1) is 0 Å². The lowest BCUT2D eigenvalue weighted by Crippen LogP contribution is -1.93. The third kappa shape index (κ3) is 1.75. The zero-order valence-electron chi connectivity index (χ0n) is 7.97. The summed E-state index contributed by atoms with van der Waals surface area (Å²) in [6.45, 7) is 1.75. The fourth-order valence-corrected chi connectivity index (χ4v) is 1.45. The average Bonchev–Trinajstić information content (AvgIpc) is 2.16. The normalized spacial score (nSPS) is 9.57. The van der Waals surface area contributed by atoms with Gasteiger partial charge in [-0.3, -0.25) is 0 Å². The van der Waals surface area contributed by atoms with E-state index in [1.165, 1.54) is 7.11 Å². The van der Waals surface area contributed by atoms with E-state index in [2.05, 4.69) is 0 Å². The fraction of sp³-hybridized carbons (Fsp3) is 0.300. The molecule has 0 aliphatic heterocycles. The summed E-state index contributed by atoms with van der Waals surface area (Å²) in [5, 5.41) is 18.7. The number of methoxy groups -OCH3 is 1. The van der Waals surface area contributed by atoms with Crippen molar-refractivity contribution < 1.29 is 9.84 Å². The molecule has 0 amide bonds. The first-order chi connectivity index (χ1) is 6.61. The van der Waals surface area contributed by atoms with Crippen LogP contribution < -0.4 is 4.74 Å². The highest BCUT2D eigenvalue weighted by Gasteiger charge is 2.13. The molecule has 0 saturated heterocycles. The van der Waals surface area contributed by atoms with Crippen molar-refractivity contribution in [1.29, 1.82) is 5.26 Å². The summed E-state index contributed by atoms with van der Waals surface area (Å²) in [6, 6.07) is 3.53. The molecule has 1 aromatic carbocycles. The highest BCUT2D eigenvalue weighted by molar-refractivity contribution is 6.31. The van der Waals surface area contributed by atoms with Crippen molar-refractivity contribution in [1.82, 2.24) is 0 Å². The van der Waals surface area contributed by atoms with Gasteiger partial charge in [0.15, 0.2) is 11.5 Å². The average molecular weight is 212 g/mol. The van der Waals surface area contributed by atoms with E-state index in [9.17, 15) is 5.11 Å². The summed E-state index contributed by atoms with van der Waals surface area (Å²) in [4.78, 5) is 0. The van der Waals surface area contributed by atoms with Gasteiger partial charge in [-0.2, -0.15) is 5.26 Å². The maximum Gasteiger partial charge on any atom is 0.165 e. The van der Waals surface area contributed by atoms with Gasteiger partial charge in [-0.1, -0.05) is 11.6 Å². The molecule has 1 N–H and O–H groups in total. The van der Waals surface area contributed by atoms with Gasteiger partial charge in [-0.25, -0.2) is 0 Å². The summed E-state index contributed by atoms with van der Waals surface area (Å²) in [5.41, 5.74) is 1.16. The quantitative estimate of drug-likeness (QED) is 0.818. The van der Waals surface area contributed by atoms with Crippen molar-refractivity contribution >= 4 is 11.6 Å². The van der Waals surface area contributed by atoms with Crippen LogP contribution >= 0.6 is 11.6 Å². The maximum atomic E-state index is 9.69. The Bertz CT molecular complexity index is 396. The minimum atomic E-state index is -0.00375. The highest BCUT2D eigenvalue weighted by Crippen LogP contribution is 2.37. The molecule has 0 unspecified atom stereocenters. The summed E-state index contributed by atoms with van der Waals surface area (Å²) in [5.74, 6) is 0.332. The van der Waals surface area contributed by atoms with Crippen LogP contribution in [0.3, 0.4) is 0 Å². The molecule has 1 rings (SSSR count). The van der Waals surface area contributed by atoms with E-state index in [1.54, 1.807) is 13.0 Å². The number of phenolic OH excluding ortho intramolecular Hbond substituents is 1. The predicted molar refractivity (Wildman–Crippen MR) is 53.7 cm³/mol. The lowest BCUT2D eigenvalue weighted by atomic mass is 10.1. The first kappa shape index (κ1) is 10.7. The van der Waals surface area contributed by atoms with Crippen molar-refractivity contribution in [2.24, 2.45) is 0 Å². The van der Waals surface area contributed by atoms with E-state index in [4.69, 9.17) is 21.6 Å². The second kappa shape index (κ2) is 4.21. The smallest absolute Gasteiger partial charge is 0.165 e. The summed E-state index contributed by atoms with van der Waals surface area (Å²) >= 11 is 5.90. The first-order valence-corrected chi connectivity index (χ1v) is 4.41. The third-order valence-corrected chi connectivity index (χ3v) is 2.39. The van der Waals surface area contributed by atoms with Crippen molar-refractivity contribution in [2.75, 3.05) is 7.11 Å². The van der Waals surface area contributed by atoms with Crippen LogP contribution in [0.4, 0.5) is 0 Å². The maximum absolute atomic E-state index is 9.69. The minimum absolute atomic E-state index is 0.00375. The Balaban J connectivity index is 3.36. The Morgan fingerprint density at radius 3 is 2.79 bits per heavy atom. The molecule has 0 heterocycles. The number of nitriles is 1. The summed E-state index contributed by atoms with van der Waals surface area (Å²) < 4.78 is 5.00. The second-order valence-electron chi connectivity index (χ2n) is 2.86. The number of hydrogen-bond acceptors (Lipinski definition) is 3. The number of hydrogen-bond donors (Lipinski definition) is 1. The van der Waals surface area contributed by atoms with Crippen LogP contribution in [0, 0.1) is 18.3 Å². The molecule has 0 spiro atoms. The van der Waals surface area contributed by atoms with E-state index < -0.39 is 0 Å². The summed E-state index contributed by atoms with van der Waals surface area (Å²) in [7, 11) is 1.45. The van der Waals surface area contributed by atoms with Crippen molar-refractivity contribution in [3.63, 3.8) is 0 Å². The van der Waals surface area contributed by atoms with Crippen LogP contribution in [0.1, 0.15) is 11.1 Å². The number of ether oxygens (including phenoxy) is 1. The minimum Gasteiger partial charge on any atom is -0.504 e. The van der Waals surface area contributed by atoms with Crippen LogP contribution in [0.25, 0.3) is 0 Å². The SMILES string of the molecule is COc1c(C)c(Cl)cc(CC#N)c1O. The molecule has 0 fully saturated rings. The Hall–Kier alpha value is -1.40. The van der Waals surface area contributed by atoms with Crippen LogP contribution in [0.15, 0.2) is 6.07 Å². The molecule has 0 aliphatic rings. The first-order valence-electron chi connectivity index (χ1n) is 4.03. The molecule has 4 heteroatoms. The predicted octanol–water partition coefficient (Wildman–Crippen LogP) is 2.43. The van der Waals surface area contributed by atoms with Crippen molar-refractivity contribution in [2.45, 2.75) is 13.3 Å². The van der Waals surface area contributed by atoms with Gasteiger partial charge < -0.3 is 9.84 Å². The zero-order chi connectivity index (χ0) is 10.7. The fourth-order valence-electron chi connectivity index (χ4n) is 1.23. The van der Waals surface area contributed by atoms with E-state index in [0.717, 1.165) is 0 Å². The number of phenols is 1. The third-order valence-electron chi connectivity index (χ3n) is 1.99. The molecule has 0 aliphatic carbocycles. The summed E-state index contributed by atoms with van der Waals surface area (Å²) in [6.07, 6.45) is 0.113. The lowest BCUT2D eigenvalue weighted by molar-refractivity contribution is 0.368. The number of aromatic hydroxyl groups is 1. The van der Waals surface area contributed by atoms with Gasteiger partial charge >= 0.3 is 0 Å². The van der Waals surface area contributed by atoms with Gasteiger partial charge in [0.2, 0.25) is 0 Å². The van der Waals surface area contributed by atoms with E-state index in [-0.39, 0.29) is 12.2 Å². The standard InChI is InChI=1S/C10H10ClNO2/c1-6-8(11)5-7(3-4-12)9(13)10(6)14-2/h5,13H,3H2,1-2H3. The lowest BCUT2D eigenvalue weighted by Gasteiger charge is -2.11. The molecule has 1 aromatic rings. The molecule has 0 atom stereocenters. The topological polar surface area (TPSA) is 53.2 Å². The molecular formula is C10H10ClNO2. The van der Waals surface area contributed by atoms with Gasteiger partial charge in [-0.05, 0) is 13.0 Å². The van der Waals surface area contributed by atoms with Gasteiger partial charge in [0.25, 0.3) is 0 Å². The number of benzene rings is 1. The van der Waals surface area contributed by atoms with Crippen molar-refractivity contribution in [3.8, 4) is 17.6 Å². The molecule has 14 heavy (non-hydrogen) atoms. The monoisotopic (exact) mass is 211 g/mol. The molecule has 0 aromatic heterocycles. The Labute approximate surface area is 87.5 Å². The molecule has 3 nitrogen and oxygen atoms in total. The largest absolute Gasteiger partial charge is 0.504 e. The van der Waals surface area contributed by atoms with Crippen LogP contribution in [-0.4, -0.2) is 12.2 Å². The molecule has 0 saturated carbocycles. The van der Waals surface area contributed by atoms with E-state index >= 15 is 0 Å². The molecule has 0 bridgehead atoms. The Morgan fingerprint density at radius 2 is 2.29 bits per heavy atom. The van der Waals surface area contributed by atoms with Crippen LogP contribution in [0.5, 0.6) is 11.5 Å². The van der Waals surface area contributed by atoms with Crippen LogP contribution in [-0.2, 0) is 6.42 Å². The van der Waals surface area contributed by atoms with Crippen LogP contribution in [0.2, 0.25) is 5.02 Å². The Kier molecular flexibility index (Phi) is 3.21. The molecule has 74 valence electrons. The van der Waals surface area contributed by atoms with Crippen molar-refractivity contribution in [3.05, 3.63) is 22.2 Å². The van der Waals surface area contributed by atoms with Gasteiger partial charge in [0.1, 0.15) is 0 Å². The Morgan fingerprint density at radius 1 is 1.64 bits per heavy atom. The number of nitrogens with zero attached hydrogens (tertiary/aromatic N) is 1. The van der Waals surface area contributed by atoms with E-state index in [0.29, 0.717) is 21.9 Å². The molecular weight excluding hydrogens is 202 g/mol.